The molecule has 118 valence electrons. The van der Waals surface area contributed by atoms with E-state index in [1.165, 1.54) is 0 Å². The van der Waals surface area contributed by atoms with Gasteiger partial charge in [-0.15, -0.1) is 0 Å². The van der Waals surface area contributed by atoms with E-state index < -0.39 is 24.3 Å². The zero-order valence-electron chi connectivity index (χ0n) is 8.69. The third kappa shape index (κ3) is 31.6. The average Bonchev–Trinajstić information content (AvgIpc) is 1.83. The zero-order valence-corrected chi connectivity index (χ0v) is 11.7. The molecule has 10 N–H and O–H groups in total. The molecular formula is C4H10F6O8Zn. The standard InChI is InChI=1S/2C2HF3O2.4H2O.Zn/c2*3-2(4,5)1(6)7;;;;;/h2*(H,6,7);4*1H2;. The minimum absolute atomic E-state index is 0. The van der Waals surface area contributed by atoms with E-state index in [1.807, 2.05) is 0 Å². The van der Waals surface area contributed by atoms with Crippen LogP contribution < -0.4 is 0 Å². The first-order valence-electron chi connectivity index (χ1n) is 2.49. The summed E-state index contributed by atoms with van der Waals surface area (Å²) >= 11 is 0. The average molecular weight is 365 g/mol. The number of carboxylic acids is 2. The van der Waals surface area contributed by atoms with E-state index >= 15 is 0 Å². The molecule has 8 nitrogen and oxygen atoms in total. The van der Waals surface area contributed by atoms with Crippen LogP contribution in [0.15, 0.2) is 0 Å². The first kappa shape index (κ1) is 43.0. The third-order valence-electron chi connectivity index (χ3n) is 0.485. The van der Waals surface area contributed by atoms with Crippen LogP contribution in [-0.2, 0) is 29.1 Å². The van der Waals surface area contributed by atoms with Crippen LogP contribution in [0.1, 0.15) is 0 Å². The van der Waals surface area contributed by atoms with Crippen molar-refractivity contribution in [2.24, 2.45) is 0 Å². The molecule has 0 fully saturated rings. The van der Waals surface area contributed by atoms with E-state index in [0.717, 1.165) is 0 Å². The summed E-state index contributed by atoms with van der Waals surface area (Å²) in [5.41, 5.74) is 0. The Balaban J connectivity index is -0.0000000240. The van der Waals surface area contributed by atoms with Gasteiger partial charge in [0, 0.05) is 19.5 Å². The van der Waals surface area contributed by atoms with E-state index in [-0.39, 0.29) is 41.4 Å². The summed E-state index contributed by atoms with van der Waals surface area (Å²) in [6.45, 7) is 0. The molecule has 0 aromatic carbocycles. The molecule has 0 amide bonds. The summed E-state index contributed by atoms with van der Waals surface area (Å²) < 4.78 is 63.5. The smallest absolute Gasteiger partial charge is 0.475 e. The van der Waals surface area contributed by atoms with Crippen molar-refractivity contribution in [1.29, 1.82) is 0 Å². The van der Waals surface area contributed by atoms with Gasteiger partial charge in [-0.25, -0.2) is 9.59 Å². The van der Waals surface area contributed by atoms with Crippen LogP contribution in [0.25, 0.3) is 0 Å². The minimum Gasteiger partial charge on any atom is -0.475 e. The fraction of sp³-hybridized carbons (Fsp3) is 0.500. The molecule has 0 saturated heterocycles. The Bertz CT molecular complexity index is 202. The monoisotopic (exact) mass is 364 g/mol. The maximum Gasteiger partial charge on any atom is 0.490 e. The topological polar surface area (TPSA) is 201 Å². The number of halogens is 6. The molecule has 0 saturated carbocycles. The Morgan fingerprint density at radius 2 is 0.684 bits per heavy atom. The van der Waals surface area contributed by atoms with Crippen molar-refractivity contribution in [3.05, 3.63) is 0 Å². The maximum absolute atomic E-state index is 10.6. The SMILES string of the molecule is O.O.O.O.O=C(O)C(F)(F)F.O=C(O)C(F)(F)F.[Zn]. The molecule has 0 unspecified atom stereocenters. The van der Waals surface area contributed by atoms with Gasteiger partial charge < -0.3 is 32.1 Å². The molecule has 0 spiro atoms. The van der Waals surface area contributed by atoms with Gasteiger partial charge in [0.25, 0.3) is 0 Å². The van der Waals surface area contributed by atoms with Gasteiger partial charge in [-0.05, 0) is 0 Å². The molecule has 0 rings (SSSR count). The van der Waals surface area contributed by atoms with Crippen molar-refractivity contribution in [1.82, 2.24) is 0 Å². The van der Waals surface area contributed by atoms with E-state index in [4.69, 9.17) is 19.8 Å². The first-order valence-corrected chi connectivity index (χ1v) is 2.49. The number of carbonyl (C=O) groups is 2. The van der Waals surface area contributed by atoms with Gasteiger partial charge in [-0.2, -0.15) is 26.3 Å². The van der Waals surface area contributed by atoms with Crippen LogP contribution in [0.2, 0.25) is 0 Å². The summed E-state index contributed by atoms with van der Waals surface area (Å²) in [6.07, 6.45) is -10.2. The van der Waals surface area contributed by atoms with Crippen LogP contribution in [-0.4, -0.2) is 56.4 Å². The largest absolute Gasteiger partial charge is 0.490 e. The molecule has 0 bridgehead atoms. The minimum atomic E-state index is -5.08. The fourth-order valence-corrected chi connectivity index (χ4v) is 0. The molecule has 0 aromatic heterocycles. The second-order valence-corrected chi connectivity index (χ2v) is 1.61. The van der Waals surface area contributed by atoms with Crippen LogP contribution in [0.3, 0.4) is 0 Å². The molecule has 0 aliphatic carbocycles. The van der Waals surface area contributed by atoms with Crippen LogP contribution in [0.4, 0.5) is 26.3 Å². The quantitative estimate of drug-likeness (QED) is 0.368. The number of carboxylic acid groups (broad SMARTS) is 2. The molecule has 0 atom stereocenters. The predicted molar refractivity (Wildman–Crippen MR) is 41.8 cm³/mol. The van der Waals surface area contributed by atoms with Gasteiger partial charge in [0.2, 0.25) is 0 Å². The van der Waals surface area contributed by atoms with Gasteiger partial charge >= 0.3 is 24.3 Å². The summed E-state index contributed by atoms with van der Waals surface area (Å²) in [5, 5.41) is 14.2. The third-order valence-corrected chi connectivity index (χ3v) is 0.485. The summed E-state index contributed by atoms with van der Waals surface area (Å²) in [6, 6.07) is 0. The normalized spacial score (nSPS) is 8.32. The number of aliphatic carboxylic acids is 2. The van der Waals surface area contributed by atoms with E-state index in [2.05, 4.69) is 0 Å². The van der Waals surface area contributed by atoms with E-state index in [0.29, 0.717) is 0 Å². The summed E-state index contributed by atoms with van der Waals surface area (Å²) in [5.74, 6) is -5.51. The molecule has 19 heavy (non-hydrogen) atoms. The molecule has 15 heteroatoms. The molecule has 0 aromatic rings. The van der Waals surface area contributed by atoms with E-state index in [1.54, 1.807) is 0 Å². The van der Waals surface area contributed by atoms with Crippen LogP contribution in [0, 0.1) is 0 Å². The van der Waals surface area contributed by atoms with Gasteiger partial charge in [0.1, 0.15) is 0 Å². The zero-order chi connectivity index (χ0) is 12.2. The second-order valence-electron chi connectivity index (χ2n) is 1.61. The summed E-state index contributed by atoms with van der Waals surface area (Å²) in [4.78, 5) is 17.8. The molecule has 0 heterocycles. The van der Waals surface area contributed by atoms with Crippen molar-refractivity contribution in [2.75, 3.05) is 0 Å². The Morgan fingerprint density at radius 1 is 0.632 bits per heavy atom. The van der Waals surface area contributed by atoms with Crippen molar-refractivity contribution < 1.29 is 87.5 Å². The summed E-state index contributed by atoms with van der Waals surface area (Å²) in [7, 11) is 0. The van der Waals surface area contributed by atoms with E-state index in [9.17, 15) is 26.3 Å². The Labute approximate surface area is 113 Å². The number of hydrogen-bond acceptors (Lipinski definition) is 2. The van der Waals surface area contributed by atoms with Gasteiger partial charge in [-0.3, -0.25) is 0 Å². The maximum atomic E-state index is 10.6. The van der Waals surface area contributed by atoms with Gasteiger partial charge in [-0.1, -0.05) is 0 Å². The van der Waals surface area contributed by atoms with Gasteiger partial charge in [0.05, 0.1) is 0 Å². The van der Waals surface area contributed by atoms with Crippen LogP contribution in [0.5, 0.6) is 0 Å². The molecular weight excluding hydrogens is 355 g/mol. The van der Waals surface area contributed by atoms with Crippen molar-refractivity contribution in [3.8, 4) is 0 Å². The van der Waals surface area contributed by atoms with Crippen LogP contribution >= 0.6 is 0 Å². The number of alkyl halides is 6. The van der Waals surface area contributed by atoms with Crippen molar-refractivity contribution in [3.63, 3.8) is 0 Å². The Morgan fingerprint density at radius 3 is 0.684 bits per heavy atom. The number of rotatable bonds is 0. The number of hydrogen-bond donors (Lipinski definition) is 2. The predicted octanol–water partition coefficient (Wildman–Crippen LogP) is -2.03. The Kier molecular flexibility index (Phi) is 34.0. The second kappa shape index (κ2) is 15.0. The van der Waals surface area contributed by atoms with Gasteiger partial charge in [0.15, 0.2) is 0 Å². The first-order chi connectivity index (χ1) is 5.89. The Hall–Kier alpha value is -1.02. The van der Waals surface area contributed by atoms with Crippen molar-refractivity contribution >= 4 is 11.9 Å². The molecule has 0 radical (unpaired) electrons. The molecule has 0 aliphatic rings. The molecule has 0 aliphatic heterocycles. The van der Waals surface area contributed by atoms with Crippen molar-refractivity contribution in [2.45, 2.75) is 12.4 Å². The fourth-order valence-electron chi connectivity index (χ4n) is 0.